The summed E-state index contributed by atoms with van der Waals surface area (Å²) >= 11 is 0. The van der Waals surface area contributed by atoms with Gasteiger partial charge >= 0.3 is 0 Å². The summed E-state index contributed by atoms with van der Waals surface area (Å²) in [4.78, 5) is 15.9. The van der Waals surface area contributed by atoms with Crippen molar-refractivity contribution in [2.45, 2.75) is 6.92 Å². The molecular formula is C9H8N4O. The normalized spacial score (nSPS) is 8.36. The van der Waals surface area contributed by atoms with Crippen molar-refractivity contribution < 1.29 is 0 Å². The molecule has 5 nitrogen and oxygen atoms in total. The molecule has 0 atom stereocenters. The highest BCUT2D eigenvalue weighted by Crippen LogP contribution is 1.99. The van der Waals surface area contributed by atoms with Gasteiger partial charge in [-0.3, -0.25) is 4.79 Å². The number of aromatic nitrogens is 1. The van der Waals surface area contributed by atoms with E-state index in [1.807, 2.05) is 0 Å². The van der Waals surface area contributed by atoms with Gasteiger partial charge in [0.1, 0.15) is 0 Å². The maximum absolute atomic E-state index is 10.8. The van der Waals surface area contributed by atoms with Crippen LogP contribution in [0.25, 0.3) is 10.4 Å². The minimum absolute atomic E-state index is 0.134. The van der Waals surface area contributed by atoms with Crippen molar-refractivity contribution >= 4 is 0 Å². The summed E-state index contributed by atoms with van der Waals surface area (Å²) in [7, 11) is 0. The topological polar surface area (TPSA) is 81.6 Å². The van der Waals surface area contributed by atoms with E-state index in [4.69, 9.17) is 5.53 Å². The maximum Gasteiger partial charge on any atom is 0.248 e. The molecule has 0 aliphatic heterocycles. The van der Waals surface area contributed by atoms with Crippen molar-refractivity contribution in [1.82, 2.24) is 4.98 Å². The van der Waals surface area contributed by atoms with Crippen LogP contribution in [0.3, 0.4) is 0 Å². The molecule has 0 aliphatic carbocycles. The van der Waals surface area contributed by atoms with Crippen molar-refractivity contribution in [3.63, 3.8) is 0 Å². The standard InChI is InChI=1S/C9H8N4O/c1-7-5-9(14)11-6-8(7)3-2-4-12-13-10/h5-6H,4H2,1H3,(H,11,14). The summed E-state index contributed by atoms with van der Waals surface area (Å²) < 4.78 is 0. The summed E-state index contributed by atoms with van der Waals surface area (Å²) in [6.45, 7) is 1.93. The Morgan fingerprint density at radius 2 is 2.50 bits per heavy atom. The van der Waals surface area contributed by atoms with Gasteiger partial charge in [-0.15, -0.1) is 0 Å². The van der Waals surface area contributed by atoms with Gasteiger partial charge in [0, 0.05) is 22.7 Å². The molecule has 1 rings (SSSR count). The first-order valence-electron chi connectivity index (χ1n) is 3.93. The molecule has 0 radical (unpaired) electrons. The average molecular weight is 188 g/mol. The number of rotatable bonds is 1. The predicted molar refractivity (Wildman–Crippen MR) is 52.7 cm³/mol. The van der Waals surface area contributed by atoms with Crippen LogP contribution < -0.4 is 5.56 Å². The third-order valence-corrected chi connectivity index (χ3v) is 1.57. The number of hydrogen-bond acceptors (Lipinski definition) is 2. The molecule has 0 unspecified atom stereocenters. The van der Waals surface area contributed by atoms with Crippen LogP contribution in [0, 0.1) is 18.8 Å². The van der Waals surface area contributed by atoms with Crippen molar-refractivity contribution in [3.8, 4) is 11.8 Å². The van der Waals surface area contributed by atoms with Gasteiger partial charge in [-0.05, 0) is 18.0 Å². The van der Waals surface area contributed by atoms with E-state index in [1.165, 1.54) is 6.07 Å². The van der Waals surface area contributed by atoms with Gasteiger partial charge in [-0.25, -0.2) is 0 Å². The molecule has 0 spiro atoms. The average Bonchev–Trinajstić information content (AvgIpc) is 2.15. The zero-order chi connectivity index (χ0) is 10.4. The largest absolute Gasteiger partial charge is 0.328 e. The summed E-state index contributed by atoms with van der Waals surface area (Å²) in [5, 5.41) is 3.27. The lowest BCUT2D eigenvalue weighted by atomic mass is 10.2. The summed E-state index contributed by atoms with van der Waals surface area (Å²) in [6, 6.07) is 1.47. The van der Waals surface area contributed by atoms with E-state index in [0.717, 1.165) is 11.1 Å². The SMILES string of the molecule is Cc1cc(=O)[nH]cc1C#CCN=[N+]=[N-]. The fourth-order valence-corrected chi connectivity index (χ4v) is 0.910. The Balaban J connectivity index is 2.90. The Kier molecular flexibility index (Phi) is 3.36. The molecule has 1 heterocycles. The fraction of sp³-hybridized carbons (Fsp3) is 0.222. The van der Waals surface area contributed by atoms with Gasteiger partial charge in [0.05, 0.1) is 6.54 Å². The number of aryl methyl sites for hydroxylation is 1. The van der Waals surface area contributed by atoms with Gasteiger partial charge in [-0.2, -0.15) is 0 Å². The molecule has 0 saturated carbocycles. The maximum atomic E-state index is 10.8. The van der Waals surface area contributed by atoms with Crippen LogP contribution in [0.4, 0.5) is 0 Å². The van der Waals surface area contributed by atoms with Crippen molar-refractivity contribution in [3.05, 3.63) is 44.2 Å². The quantitative estimate of drug-likeness (QED) is 0.307. The van der Waals surface area contributed by atoms with E-state index in [0.29, 0.717) is 0 Å². The Bertz CT molecular complexity index is 486. The first-order valence-corrected chi connectivity index (χ1v) is 3.93. The van der Waals surface area contributed by atoms with E-state index < -0.39 is 0 Å². The number of hydrogen-bond donors (Lipinski definition) is 1. The molecule has 0 aliphatic rings. The highest BCUT2D eigenvalue weighted by molar-refractivity contribution is 5.38. The molecule has 1 aromatic rings. The first-order chi connectivity index (χ1) is 6.74. The van der Waals surface area contributed by atoms with Crippen LogP contribution in [-0.2, 0) is 0 Å². The van der Waals surface area contributed by atoms with Crippen molar-refractivity contribution in [2.24, 2.45) is 5.11 Å². The van der Waals surface area contributed by atoms with Gasteiger partial charge in [0.15, 0.2) is 0 Å². The number of nitrogens with one attached hydrogen (secondary N) is 1. The van der Waals surface area contributed by atoms with Gasteiger partial charge in [-0.1, -0.05) is 17.0 Å². The second-order valence-corrected chi connectivity index (χ2v) is 2.58. The molecule has 0 saturated heterocycles. The van der Waals surface area contributed by atoms with Gasteiger partial charge in [0.25, 0.3) is 0 Å². The number of pyridine rings is 1. The Morgan fingerprint density at radius 3 is 3.14 bits per heavy atom. The monoisotopic (exact) mass is 188 g/mol. The summed E-state index contributed by atoms with van der Waals surface area (Å²) in [5.74, 6) is 5.46. The van der Waals surface area contributed by atoms with E-state index in [-0.39, 0.29) is 12.1 Å². The Morgan fingerprint density at radius 1 is 1.71 bits per heavy atom. The first kappa shape index (κ1) is 9.90. The minimum Gasteiger partial charge on any atom is -0.328 e. The molecule has 70 valence electrons. The van der Waals surface area contributed by atoms with E-state index in [1.54, 1.807) is 13.1 Å². The number of aromatic amines is 1. The fourth-order valence-electron chi connectivity index (χ4n) is 0.910. The van der Waals surface area contributed by atoms with Crippen LogP contribution in [0.1, 0.15) is 11.1 Å². The van der Waals surface area contributed by atoms with E-state index in [9.17, 15) is 4.79 Å². The zero-order valence-corrected chi connectivity index (χ0v) is 7.61. The molecule has 1 N–H and O–H groups in total. The van der Waals surface area contributed by atoms with Crippen LogP contribution in [-0.4, -0.2) is 11.5 Å². The lowest BCUT2D eigenvalue weighted by molar-refractivity contribution is 1.19. The van der Waals surface area contributed by atoms with Crippen molar-refractivity contribution in [1.29, 1.82) is 0 Å². The molecule has 1 aromatic heterocycles. The highest BCUT2D eigenvalue weighted by Gasteiger charge is 1.93. The smallest absolute Gasteiger partial charge is 0.248 e. The molecule has 5 heteroatoms. The molecular weight excluding hydrogens is 180 g/mol. The molecule has 0 amide bonds. The summed E-state index contributed by atoms with van der Waals surface area (Å²) in [5.41, 5.74) is 9.39. The number of nitrogens with zero attached hydrogens (tertiary/aromatic N) is 3. The lowest BCUT2D eigenvalue weighted by Gasteiger charge is -1.93. The Labute approximate surface area is 80.4 Å². The predicted octanol–water partition coefficient (Wildman–Crippen LogP) is 1.35. The molecule has 14 heavy (non-hydrogen) atoms. The highest BCUT2D eigenvalue weighted by atomic mass is 16.1. The third-order valence-electron chi connectivity index (χ3n) is 1.57. The summed E-state index contributed by atoms with van der Waals surface area (Å²) in [6.07, 6.45) is 1.54. The Hall–Kier alpha value is -2.18. The van der Waals surface area contributed by atoms with E-state index in [2.05, 4.69) is 26.9 Å². The molecule has 0 bridgehead atoms. The molecule has 0 aromatic carbocycles. The molecule has 0 fully saturated rings. The van der Waals surface area contributed by atoms with Crippen LogP contribution in [0.5, 0.6) is 0 Å². The van der Waals surface area contributed by atoms with Crippen LogP contribution in [0.15, 0.2) is 22.2 Å². The second kappa shape index (κ2) is 4.75. The van der Waals surface area contributed by atoms with Crippen molar-refractivity contribution in [2.75, 3.05) is 6.54 Å². The minimum atomic E-state index is -0.150. The van der Waals surface area contributed by atoms with Gasteiger partial charge < -0.3 is 4.98 Å². The van der Waals surface area contributed by atoms with Crippen LogP contribution in [0.2, 0.25) is 0 Å². The third kappa shape index (κ3) is 2.70. The zero-order valence-electron chi connectivity index (χ0n) is 7.61. The van der Waals surface area contributed by atoms with Crippen LogP contribution >= 0.6 is 0 Å². The van der Waals surface area contributed by atoms with E-state index >= 15 is 0 Å². The number of H-pyrrole nitrogens is 1. The number of azide groups is 1. The lowest BCUT2D eigenvalue weighted by Crippen LogP contribution is -2.04. The second-order valence-electron chi connectivity index (χ2n) is 2.58. The van der Waals surface area contributed by atoms with Gasteiger partial charge in [0.2, 0.25) is 5.56 Å².